The number of carbonyl (C=O) groups excluding carboxylic acids is 1. The third-order valence-corrected chi connectivity index (χ3v) is 3.97. The highest BCUT2D eigenvalue weighted by Gasteiger charge is 2.13. The van der Waals surface area contributed by atoms with Crippen LogP contribution in [0.15, 0.2) is 30.5 Å². The predicted octanol–water partition coefficient (Wildman–Crippen LogP) is 3.49. The van der Waals surface area contributed by atoms with Crippen molar-refractivity contribution < 1.29 is 4.79 Å². The molecule has 20 heavy (non-hydrogen) atoms. The summed E-state index contributed by atoms with van der Waals surface area (Å²) in [6, 6.07) is 9.50. The van der Waals surface area contributed by atoms with Gasteiger partial charge in [0, 0.05) is 22.5 Å². The van der Waals surface area contributed by atoms with Crippen LogP contribution in [0.5, 0.6) is 0 Å². The third-order valence-electron chi connectivity index (χ3n) is 2.69. The molecule has 0 saturated carbocycles. The van der Waals surface area contributed by atoms with Crippen LogP contribution in [0, 0.1) is 17.2 Å². The summed E-state index contributed by atoms with van der Waals surface area (Å²) in [5.41, 5.74) is 1.01. The first kappa shape index (κ1) is 14.5. The number of thiazole rings is 1. The zero-order chi connectivity index (χ0) is 14.5. The summed E-state index contributed by atoms with van der Waals surface area (Å²) in [6.45, 7) is 1.55. The number of hydrogen-bond donors (Lipinski definition) is 1. The first-order chi connectivity index (χ1) is 9.60. The maximum Gasteiger partial charge on any atom is 0.243 e. The number of rotatable bonds is 4. The Hall–Kier alpha value is -1.90. The van der Waals surface area contributed by atoms with Gasteiger partial charge in [0.15, 0.2) is 5.13 Å². The number of nitrogens with zero attached hydrogens (tertiary/aromatic N) is 2. The number of aromatic nitrogens is 1. The Morgan fingerprint density at radius 2 is 2.30 bits per heavy atom. The summed E-state index contributed by atoms with van der Waals surface area (Å²) >= 11 is 7.49. The number of hydrogen-bond acceptors (Lipinski definition) is 4. The van der Waals surface area contributed by atoms with E-state index in [1.54, 1.807) is 13.1 Å². The van der Waals surface area contributed by atoms with E-state index in [2.05, 4.69) is 10.3 Å². The van der Waals surface area contributed by atoms with Crippen molar-refractivity contribution in [2.24, 2.45) is 5.92 Å². The van der Waals surface area contributed by atoms with Gasteiger partial charge in [-0.2, -0.15) is 5.26 Å². The van der Waals surface area contributed by atoms with E-state index in [1.807, 2.05) is 30.3 Å². The minimum atomic E-state index is -0.689. The summed E-state index contributed by atoms with van der Waals surface area (Å²) in [5.74, 6) is -1.03. The minimum Gasteiger partial charge on any atom is -0.301 e. The minimum absolute atomic E-state index is 0.342. The highest BCUT2D eigenvalue weighted by molar-refractivity contribution is 7.15. The van der Waals surface area contributed by atoms with Gasteiger partial charge in [0.05, 0.1) is 6.07 Å². The monoisotopic (exact) mass is 305 g/mol. The number of halogens is 1. The van der Waals surface area contributed by atoms with Crippen LogP contribution < -0.4 is 5.32 Å². The normalized spacial score (nSPS) is 11.7. The first-order valence-corrected chi connectivity index (χ1v) is 7.18. The molecule has 0 aliphatic rings. The molecule has 1 heterocycles. The maximum atomic E-state index is 11.6. The molecular formula is C14H12ClN3OS. The molecular weight excluding hydrogens is 294 g/mol. The third kappa shape index (κ3) is 3.56. The standard InChI is InChI=1S/C14H12ClN3OS/c1-9(7-16)13(19)18-14-17-8-11(20-14)6-10-4-2-3-5-12(10)15/h2-5,8-9H,6H2,1H3,(H,17,18,19). The molecule has 1 N–H and O–H groups in total. The molecule has 0 aliphatic heterocycles. The molecule has 102 valence electrons. The van der Waals surface area contributed by atoms with Crippen molar-refractivity contribution in [2.75, 3.05) is 5.32 Å². The van der Waals surface area contributed by atoms with Crippen molar-refractivity contribution in [1.82, 2.24) is 4.98 Å². The Balaban J connectivity index is 2.05. The van der Waals surface area contributed by atoms with Crippen LogP contribution in [0.25, 0.3) is 0 Å². The lowest BCUT2D eigenvalue weighted by molar-refractivity contribution is -0.117. The Morgan fingerprint density at radius 3 is 3.00 bits per heavy atom. The Bertz CT molecular complexity index is 662. The lowest BCUT2D eigenvalue weighted by atomic mass is 10.1. The maximum absolute atomic E-state index is 11.6. The van der Waals surface area contributed by atoms with Crippen molar-refractivity contribution in [3.8, 4) is 6.07 Å². The molecule has 1 unspecified atom stereocenters. The summed E-state index contributed by atoms with van der Waals surface area (Å²) in [4.78, 5) is 16.7. The Labute approximate surface area is 126 Å². The summed E-state index contributed by atoms with van der Waals surface area (Å²) < 4.78 is 0. The van der Waals surface area contributed by atoms with E-state index in [-0.39, 0.29) is 5.91 Å². The second-order valence-corrected chi connectivity index (χ2v) is 5.76. The average Bonchev–Trinajstić information content (AvgIpc) is 2.87. The zero-order valence-corrected chi connectivity index (χ0v) is 12.3. The smallest absolute Gasteiger partial charge is 0.243 e. The van der Waals surface area contributed by atoms with Crippen LogP contribution in [0.1, 0.15) is 17.4 Å². The first-order valence-electron chi connectivity index (χ1n) is 5.98. The largest absolute Gasteiger partial charge is 0.301 e. The van der Waals surface area contributed by atoms with Crippen LogP contribution in [0.2, 0.25) is 5.02 Å². The summed E-state index contributed by atoms with van der Waals surface area (Å²) in [5, 5.41) is 12.5. The van der Waals surface area contributed by atoms with Crippen LogP contribution in [0.3, 0.4) is 0 Å². The van der Waals surface area contributed by atoms with Gasteiger partial charge in [0.1, 0.15) is 5.92 Å². The second-order valence-electron chi connectivity index (χ2n) is 4.24. The highest BCUT2D eigenvalue weighted by Crippen LogP contribution is 2.24. The lowest BCUT2D eigenvalue weighted by Crippen LogP contribution is -2.18. The number of nitriles is 1. The molecule has 1 amide bonds. The van der Waals surface area contributed by atoms with Crippen molar-refractivity contribution in [1.29, 1.82) is 5.26 Å². The molecule has 2 rings (SSSR count). The Morgan fingerprint density at radius 1 is 1.55 bits per heavy atom. The molecule has 0 aliphatic carbocycles. The van der Waals surface area contributed by atoms with Crippen LogP contribution in [-0.4, -0.2) is 10.9 Å². The molecule has 1 aromatic carbocycles. The summed E-state index contributed by atoms with van der Waals surface area (Å²) in [7, 11) is 0. The molecule has 4 nitrogen and oxygen atoms in total. The fraction of sp³-hybridized carbons (Fsp3) is 0.214. The van der Waals surface area contributed by atoms with E-state index in [0.717, 1.165) is 10.4 Å². The fourth-order valence-corrected chi connectivity index (χ4v) is 2.59. The van der Waals surface area contributed by atoms with E-state index in [9.17, 15) is 4.79 Å². The van der Waals surface area contributed by atoms with E-state index in [0.29, 0.717) is 16.6 Å². The van der Waals surface area contributed by atoms with Crippen LogP contribution >= 0.6 is 22.9 Å². The van der Waals surface area contributed by atoms with Gasteiger partial charge in [-0.15, -0.1) is 11.3 Å². The quantitative estimate of drug-likeness (QED) is 0.940. The number of amides is 1. The SMILES string of the molecule is CC(C#N)C(=O)Nc1ncc(Cc2ccccc2Cl)s1. The predicted molar refractivity (Wildman–Crippen MR) is 79.8 cm³/mol. The van der Waals surface area contributed by atoms with Gasteiger partial charge in [-0.1, -0.05) is 29.8 Å². The lowest BCUT2D eigenvalue weighted by Gasteiger charge is -2.02. The van der Waals surface area contributed by atoms with Gasteiger partial charge in [0.2, 0.25) is 5.91 Å². The molecule has 0 spiro atoms. The van der Waals surface area contributed by atoms with Crippen molar-refractivity contribution in [2.45, 2.75) is 13.3 Å². The molecule has 1 aromatic heterocycles. The molecule has 1 atom stereocenters. The van der Waals surface area contributed by atoms with Crippen molar-refractivity contribution >= 4 is 34.0 Å². The molecule has 2 aromatic rings. The van der Waals surface area contributed by atoms with E-state index in [4.69, 9.17) is 16.9 Å². The number of benzene rings is 1. The van der Waals surface area contributed by atoms with E-state index in [1.165, 1.54) is 11.3 Å². The van der Waals surface area contributed by atoms with Gasteiger partial charge < -0.3 is 5.32 Å². The second kappa shape index (κ2) is 6.51. The average molecular weight is 306 g/mol. The van der Waals surface area contributed by atoms with E-state index < -0.39 is 5.92 Å². The number of carbonyl (C=O) groups is 1. The van der Waals surface area contributed by atoms with Gasteiger partial charge in [-0.3, -0.25) is 4.79 Å². The van der Waals surface area contributed by atoms with E-state index >= 15 is 0 Å². The van der Waals surface area contributed by atoms with Gasteiger partial charge in [-0.05, 0) is 18.6 Å². The van der Waals surface area contributed by atoms with Crippen molar-refractivity contribution in [3.63, 3.8) is 0 Å². The van der Waals surface area contributed by atoms with Gasteiger partial charge >= 0.3 is 0 Å². The topological polar surface area (TPSA) is 65.8 Å². The fourth-order valence-electron chi connectivity index (χ4n) is 1.55. The van der Waals surface area contributed by atoms with Gasteiger partial charge in [0.25, 0.3) is 0 Å². The zero-order valence-electron chi connectivity index (χ0n) is 10.8. The van der Waals surface area contributed by atoms with Gasteiger partial charge in [-0.25, -0.2) is 4.98 Å². The molecule has 0 radical (unpaired) electrons. The number of nitrogens with one attached hydrogen (secondary N) is 1. The number of anilines is 1. The van der Waals surface area contributed by atoms with Crippen molar-refractivity contribution in [3.05, 3.63) is 45.9 Å². The molecule has 6 heteroatoms. The summed E-state index contributed by atoms with van der Waals surface area (Å²) in [6.07, 6.45) is 2.38. The molecule has 0 saturated heterocycles. The molecule has 0 bridgehead atoms. The highest BCUT2D eigenvalue weighted by atomic mass is 35.5. The molecule has 0 fully saturated rings. The van der Waals surface area contributed by atoms with Crippen LogP contribution in [0.4, 0.5) is 5.13 Å². The van der Waals surface area contributed by atoms with Crippen LogP contribution in [-0.2, 0) is 11.2 Å². The Kier molecular flexibility index (Phi) is 4.72.